The van der Waals surface area contributed by atoms with Crippen LogP contribution in [0.3, 0.4) is 0 Å². The third kappa shape index (κ3) is 19.5. The minimum Gasteiger partial charge on any atom is -0.444 e. The number of carbonyl (C=O) groups excluding carboxylic acids is 5. The van der Waals surface area contributed by atoms with Crippen LogP contribution in [-0.2, 0) is 49.6 Å². The van der Waals surface area contributed by atoms with Gasteiger partial charge in [-0.3, -0.25) is 24.5 Å². The highest BCUT2D eigenvalue weighted by atomic mass is 35.5. The molecule has 2 fully saturated rings. The molecule has 2 heterocycles. The second-order valence-corrected chi connectivity index (χ2v) is 22.9. The number of aromatic nitrogens is 4. The second-order valence-electron chi connectivity index (χ2n) is 22.1. The number of hydrogen-bond donors (Lipinski definition) is 4. The van der Waals surface area contributed by atoms with E-state index in [0.717, 1.165) is 91.3 Å². The molecule has 0 bridgehead atoms. The molecule has 4 aliphatic rings. The molecule has 0 unspecified atom stereocenters. The number of benzene rings is 4. The molecular formula is C65H68Cl2F6N8O6. The fourth-order valence-electron chi connectivity index (χ4n) is 10.6. The van der Waals surface area contributed by atoms with Gasteiger partial charge < -0.3 is 20.7 Å². The van der Waals surface area contributed by atoms with Gasteiger partial charge in [0.05, 0.1) is 33.8 Å². The van der Waals surface area contributed by atoms with Crippen molar-refractivity contribution in [1.82, 2.24) is 19.9 Å². The Hall–Kier alpha value is -7.97. The lowest BCUT2D eigenvalue weighted by molar-refractivity contribution is -0.167. The molecule has 14 nitrogen and oxygen atoms in total. The van der Waals surface area contributed by atoms with Crippen LogP contribution in [0.1, 0.15) is 132 Å². The first-order chi connectivity index (χ1) is 41.8. The van der Waals surface area contributed by atoms with E-state index in [-0.39, 0.29) is 47.6 Å². The van der Waals surface area contributed by atoms with E-state index in [9.17, 15) is 45.5 Å². The number of ether oxygens (including phenoxy) is 1. The first kappa shape index (κ1) is 65.0. The molecule has 4 aliphatic carbocycles. The number of halogens is 8. The Balaban J connectivity index is 0.000000221. The lowest BCUT2D eigenvalue weighted by Gasteiger charge is -2.29. The van der Waals surface area contributed by atoms with E-state index in [1.165, 1.54) is 23.3 Å². The van der Waals surface area contributed by atoms with Crippen molar-refractivity contribution in [3.05, 3.63) is 176 Å². The topological polar surface area (TPSA) is 194 Å². The van der Waals surface area contributed by atoms with Crippen molar-refractivity contribution < 1.29 is 56.4 Å². The zero-order valence-corrected chi connectivity index (χ0v) is 49.9. The third-order valence-corrected chi connectivity index (χ3v) is 15.1. The highest BCUT2D eigenvalue weighted by molar-refractivity contribution is 6.32. The standard InChI is InChI=1S/C32H35ClN4O3.C29H26ClF3N4O2.C2HF3O.C2H6/c1-32(2,3)40-31(39)36-23-14-11-20(12-15-23)17-28(38)22-8-6-9-24(18-22)35-30-34-19-27(33)29(37-30)26-16-13-21-7-4-5-10-25(21)26;30-24-16-34-28(37-26(24)23-13-10-18-4-1-2-7-22(18)23)36-21-6-3-5-19(15-21)25(38)14-17-8-11-20(12-9-17)35-27(39)29(31,32)33;3-2(4,5)1-6;1-2/h4-5,7,10-12,14-16,19,22,24H,6,8-9,13,17-18H2,1-3H3,(H,36,39)(H,34,35,37);1-2,4,7-9,11-13,16,19,21H,3,5-6,10,14-15H2,(H,35,39)(H,34,36,37);1H;1-2H3/t22-,24+;19-,21+;;/m00../s1/i;;;1D. The van der Waals surface area contributed by atoms with Crippen molar-refractivity contribution in [2.45, 2.75) is 142 Å². The van der Waals surface area contributed by atoms with Crippen LogP contribution >= 0.6 is 23.2 Å². The van der Waals surface area contributed by atoms with E-state index in [1.54, 1.807) is 48.9 Å². The van der Waals surface area contributed by atoms with Crippen molar-refractivity contribution in [3.63, 3.8) is 0 Å². The molecule has 4 N–H and O–H groups in total. The predicted octanol–water partition coefficient (Wildman–Crippen LogP) is 15.4. The van der Waals surface area contributed by atoms with Gasteiger partial charge in [0.1, 0.15) is 17.2 Å². The molecule has 0 radical (unpaired) electrons. The van der Waals surface area contributed by atoms with Crippen molar-refractivity contribution >= 4 is 87.5 Å². The molecule has 460 valence electrons. The SMILES string of the molecule is CC(C)(C)OC(=O)Nc1ccc(CC(=O)[C@H]2CCC[C@@H](Nc3ncc(Cl)c(C4=CCc5ccccc54)n3)C2)cc1.O=C(Cc1ccc(NC(=O)C(F)(F)F)cc1)[C@H]1CCC[C@@H](Nc2ncc(Cl)c(C3=CCc4ccccc43)n2)C1.O=CC(F)(F)F.[2H]CC. The Morgan fingerprint density at radius 2 is 1.03 bits per heavy atom. The number of fused-ring (bicyclic) bond motifs is 2. The first-order valence-corrected chi connectivity index (χ1v) is 29.1. The summed E-state index contributed by atoms with van der Waals surface area (Å²) in [6, 6.07) is 29.8. The summed E-state index contributed by atoms with van der Waals surface area (Å²) in [7, 11) is 0. The smallest absolute Gasteiger partial charge is 0.444 e. The van der Waals surface area contributed by atoms with Gasteiger partial charge in [0.2, 0.25) is 18.2 Å². The molecule has 4 aromatic carbocycles. The molecule has 4 atom stereocenters. The van der Waals surface area contributed by atoms with Gasteiger partial charge in [0, 0.05) is 60.7 Å². The summed E-state index contributed by atoms with van der Waals surface area (Å²) in [4.78, 5) is 76.4. The fourth-order valence-corrected chi connectivity index (χ4v) is 11.0. The van der Waals surface area contributed by atoms with E-state index in [0.29, 0.717) is 58.6 Å². The summed E-state index contributed by atoms with van der Waals surface area (Å²) >= 11 is 13.0. The van der Waals surface area contributed by atoms with Gasteiger partial charge in [-0.15, -0.1) is 0 Å². The predicted molar refractivity (Wildman–Crippen MR) is 326 cm³/mol. The van der Waals surface area contributed by atoms with Crippen molar-refractivity contribution in [2.24, 2.45) is 11.8 Å². The van der Waals surface area contributed by atoms with Crippen LogP contribution in [0.25, 0.3) is 11.1 Å². The van der Waals surface area contributed by atoms with Crippen LogP contribution in [-0.4, -0.2) is 79.8 Å². The minimum atomic E-state index is -4.96. The number of Topliss-reactive ketones (excluding diaryl/α,β-unsaturated/α-hetero) is 2. The molecule has 22 heteroatoms. The Labute approximate surface area is 512 Å². The van der Waals surface area contributed by atoms with Crippen molar-refractivity contribution in [3.8, 4) is 0 Å². The lowest BCUT2D eigenvalue weighted by Crippen LogP contribution is -2.32. The molecule has 0 saturated heterocycles. The van der Waals surface area contributed by atoms with Crippen molar-refractivity contribution in [1.29, 1.82) is 0 Å². The summed E-state index contributed by atoms with van der Waals surface area (Å²) < 4.78 is 80.1. The van der Waals surface area contributed by atoms with Crippen LogP contribution in [0.5, 0.6) is 0 Å². The largest absolute Gasteiger partial charge is 0.471 e. The maximum atomic E-state index is 13.2. The van der Waals surface area contributed by atoms with E-state index in [4.69, 9.17) is 44.1 Å². The highest BCUT2D eigenvalue weighted by Crippen LogP contribution is 2.38. The molecular weight excluding hydrogens is 1170 g/mol. The summed E-state index contributed by atoms with van der Waals surface area (Å²) in [6.07, 6.45) is 5.29. The molecule has 0 aliphatic heterocycles. The van der Waals surface area contributed by atoms with Gasteiger partial charge >= 0.3 is 24.4 Å². The van der Waals surface area contributed by atoms with Gasteiger partial charge in [-0.05, 0) is 130 Å². The average molecular weight is 1240 g/mol. The van der Waals surface area contributed by atoms with E-state index in [2.05, 4.69) is 62.3 Å². The molecule has 2 aromatic heterocycles. The monoisotopic (exact) mass is 1240 g/mol. The summed E-state index contributed by atoms with van der Waals surface area (Å²) in [5.41, 5.74) is 9.89. The number of alkyl halides is 6. The van der Waals surface area contributed by atoms with Gasteiger partial charge in [0.25, 0.3) is 0 Å². The number of ketones is 2. The van der Waals surface area contributed by atoms with Gasteiger partial charge in [0.15, 0.2) is 0 Å². The van der Waals surface area contributed by atoms with Gasteiger partial charge in [-0.25, -0.2) is 24.7 Å². The van der Waals surface area contributed by atoms with Gasteiger partial charge in [-0.2, -0.15) is 26.3 Å². The van der Waals surface area contributed by atoms with E-state index < -0.39 is 36.2 Å². The lowest BCUT2D eigenvalue weighted by atomic mass is 9.81. The Morgan fingerprint density at radius 3 is 1.43 bits per heavy atom. The number of rotatable bonds is 14. The Kier molecular flexibility index (Phi) is 22.5. The molecule has 2 saturated carbocycles. The summed E-state index contributed by atoms with van der Waals surface area (Å²) in [6.45, 7) is 7.75. The summed E-state index contributed by atoms with van der Waals surface area (Å²) in [5, 5.41) is 12.4. The molecule has 6 aromatic rings. The molecule has 0 spiro atoms. The van der Waals surface area contributed by atoms with Crippen LogP contribution < -0.4 is 21.3 Å². The number of amides is 2. The zero-order chi connectivity index (χ0) is 63.8. The summed E-state index contributed by atoms with van der Waals surface area (Å²) in [5.74, 6) is -0.915. The molecule has 10 rings (SSSR count). The van der Waals surface area contributed by atoms with Crippen LogP contribution in [0.2, 0.25) is 10.0 Å². The zero-order valence-electron chi connectivity index (χ0n) is 49.4. The number of anilines is 4. The average Bonchev–Trinajstić information content (AvgIpc) is 3.61. The maximum Gasteiger partial charge on any atom is 0.471 e. The molecule has 87 heavy (non-hydrogen) atoms. The normalized spacial score (nSPS) is 17.9. The molecule has 2 amide bonds. The fraction of sp³-hybridized carbons (Fsp3) is 0.369. The maximum absolute atomic E-state index is 13.2. The number of aldehydes is 1. The number of nitrogens with zero attached hydrogens (tertiary/aromatic N) is 4. The number of hydrogen-bond acceptors (Lipinski definition) is 12. The Morgan fingerprint density at radius 1 is 0.632 bits per heavy atom. The quantitative estimate of drug-likeness (QED) is 0.0596. The first-order valence-electron chi connectivity index (χ1n) is 29.1. The van der Waals surface area contributed by atoms with E-state index >= 15 is 0 Å². The van der Waals surface area contributed by atoms with Crippen LogP contribution in [0.4, 0.5) is 54.4 Å². The van der Waals surface area contributed by atoms with Crippen molar-refractivity contribution in [2.75, 3.05) is 21.3 Å². The highest BCUT2D eigenvalue weighted by Gasteiger charge is 2.39. The number of nitrogens with one attached hydrogen (secondary N) is 4. The minimum absolute atomic E-state index is 0.0199. The van der Waals surface area contributed by atoms with Gasteiger partial charge in [-0.1, -0.05) is 135 Å². The third-order valence-electron chi connectivity index (χ3n) is 14.6. The van der Waals surface area contributed by atoms with E-state index in [1.807, 2.05) is 57.2 Å². The van der Waals surface area contributed by atoms with Crippen LogP contribution in [0.15, 0.2) is 122 Å². The van der Waals surface area contributed by atoms with Crippen LogP contribution in [0, 0.1) is 11.8 Å². The second kappa shape index (κ2) is 30.1. The number of allylic oxidation sites excluding steroid dienone is 2. The Bertz CT molecular complexity index is 3490. The number of carbonyl (C=O) groups is 5.